The molecule has 2 aliphatic rings. The van der Waals surface area contributed by atoms with Gasteiger partial charge in [0.2, 0.25) is 5.91 Å². The molecule has 5 N–H and O–H groups in total. The number of anilines is 1. The van der Waals surface area contributed by atoms with Gasteiger partial charge < -0.3 is 21.7 Å². The van der Waals surface area contributed by atoms with Gasteiger partial charge >= 0.3 is 0 Å². The molecule has 1 fully saturated rings. The number of nitrogens with zero attached hydrogens (tertiary/aromatic N) is 4. The van der Waals surface area contributed by atoms with Crippen LogP contribution in [0.5, 0.6) is 0 Å². The number of amides is 4. The number of rotatable bonds is 4. The minimum Gasteiger partial charge on any atom is -0.364 e. The zero-order valence-electron chi connectivity index (χ0n) is 18.3. The molecular weight excluding hydrogens is 457 g/mol. The number of carbonyl (C=O) groups excluding carboxylic acids is 4. The molecule has 0 spiro atoms. The SMILES string of the molecule is NC(=O)c1nnn(C2CCN3C(=O)c4cc(-c5ccccc5F)ccc4NC(=O)C3C2)c1C(N)=O. The highest BCUT2D eigenvalue weighted by Gasteiger charge is 2.42. The molecule has 0 aliphatic carbocycles. The van der Waals surface area contributed by atoms with Gasteiger partial charge in [-0.2, -0.15) is 0 Å². The molecule has 5 rings (SSSR count). The second-order valence-electron chi connectivity index (χ2n) is 8.38. The van der Waals surface area contributed by atoms with Crippen molar-refractivity contribution in [1.82, 2.24) is 19.9 Å². The highest BCUT2D eigenvalue weighted by molar-refractivity contribution is 6.10. The van der Waals surface area contributed by atoms with E-state index in [9.17, 15) is 23.6 Å². The number of piperidine rings is 1. The van der Waals surface area contributed by atoms with Crippen molar-refractivity contribution < 1.29 is 23.6 Å². The van der Waals surface area contributed by atoms with Crippen LogP contribution >= 0.6 is 0 Å². The van der Waals surface area contributed by atoms with E-state index in [1.165, 1.54) is 15.6 Å². The normalized spacial score (nSPS) is 19.4. The molecule has 4 amide bonds. The summed E-state index contributed by atoms with van der Waals surface area (Å²) in [6.45, 7) is 0.162. The monoisotopic (exact) mass is 477 g/mol. The summed E-state index contributed by atoms with van der Waals surface area (Å²) in [6.07, 6.45) is 0.424. The Bertz CT molecular complexity index is 1400. The van der Waals surface area contributed by atoms with Gasteiger partial charge in [0.05, 0.1) is 17.3 Å². The summed E-state index contributed by atoms with van der Waals surface area (Å²) < 4.78 is 15.5. The molecule has 3 heterocycles. The maximum atomic E-state index is 14.3. The van der Waals surface area contributed by atoms with Gasteiger partial charge in [-0.15, -0.1) is 5.10 Å². The van der Waals surface area contributed by atoms with E-state index in [0.717, 1.165) is 0 Å². The second-order valence-corrected chi connectivity index (χ2v) is 8.38. The summed E-state index contributed by atoms with van der Waals surface area (Å²) in [7, 11) is 0. The number of fused-ring (bicyclic) bond motifs is 2. The second kappa shape index (κ2) is 8.31. The molecule has 0 radical (unpaired) electrons. The van der Waals surface area contributed by atoms with Crippen LogP contribution in [0.4, 0.5) is 10.1 Å². The van der Waals surface area contributed by atoms with E-state index in [-0.39, 0.29) is 35.8 Å². The van der Waals surface area contributed by atoms with Crippen LogP contribution in [-0.2, 0) is 4.79 Å². The van der Waals surface area contributed by atoms with Crippen molar-refractivity contribution in [3.05, 3.63) is 65.2 Å². The van der Waals surface area contributed by atoms with Gasteiger partial charge in [-0.25, -0.2) is 9.07 Å². The third-order valence-electron chi connectivity index (χ3n) is 6.34. The molecule has 0 saturated carbocycles. The van der Waals surface area contributed by atoms with Crippen molar-refractivity contribution in [2.24, 2.45) is 11.5 Å². The summed E-state index contributed by atoms with van der Waals surface area (Å²) in [6, 6.07) is 9.57. The molecule has 2 atom stereocenters. The number of nitrogens with two attached hydrogens (primary N) is 2. The summed E-state index contributed by atoms with van der Waals surface area (Å²) in [5.74, 6) is -3.11. The fourth-order valence-corrected chi connectivity index (χ4v) is 4.67. The number of hydrogen-bond acceptors (Lipinski definition) is 6. The van der Waals surface area contributed by atoms with Gasteiger partial charge in [-0.1, -0.05) is 29.5 Å². The van der Waals surface area contributed by atoms with Crippen molar-refractivity contribution >= 4 is 29.3 Å². The predicted octanol–water partition coefficient (Wildman–Crippen LogP) is 1.08. The van der Waals surface area contributed by atoms with Crippen molar-refractivity contribution in [2.45, 2.75) is 24.9 Å². The molecular formula is C23H20FN7O4. The third-order valence-corrected chi connectivity index (χ3v) is 6.34. The molecule has 0 bridgehead atoms. The van der Waals surface area contributed by atoms with Gasteiger partial charge in [0, 0.05) is 12.1 Å². The van der Waals surface area contributed by atoms with Crippen molar-refractivity contribution in [1.29, 1.82) is 0 Å². The lowest BCUT2D eigenvalue weighted by atomic mass is 9.95. The third kappa shape index (κ3) is 3.68. The maximum Gasteiger partial charge on any atom is 0.271 e. The van der Waals surface area contributed by atoms with Crippen molar-refractivity contribution in [3.8, 4) is 11.1 Å². The number of nitrogens with one attached hydrogen (secondary N) is 1. The standard InChI is InChI=1S/C23H20FN7O4/c24-15-4-2-1-3-13(15)11-5-6-16-14(9-11)23(35)30-8-7-12(10-17(30)22(34)27-16)31-19(21(26)33)18(20(25)32)28-29-31/h1-6,9,12,17H,7-8,10H2,(H2,25,32)(H2,26,33)(H,27,34). The number of benzene rings is 2. The lowest BCUT2D eigenvalue weighted by Crippen LogP contribution is -2.50. The van der Waals surface area contributed by atoms with Crippen LogP contribution in [0.2, 0.25) is 0 Å². The fourth-order valence-electron chi connectivity index (χ4n) is 4.67. The Balaban J connectivity index is 1.48. The Morgan fingerprint density at radius 3 is 2.54 bits per heavy atom. The van der Waals surface area contributed by atoms with E-state index in [1.807, 2.05) is 0 Å². The largest absolute Gasteiger partial charge is 0.364 e. The molecule has 178 valence electrons. The Morgan fingerprint density at radius 2 is 1.83 bits per heavy atom. The van der Waals surface area contributed by atoms with Gasteiger partial charge in [-0.05, 0) is 36.6 Å². The molecule has 1 aromatic heterocycles. The molecule has 2 aromatic carbocycles. The Morgan fingerprint density at radius 1 is 1.06 bits per heavy atom. The summed E-state index contributed by atoms with van der Waals surface area (Å²) in [5.41, 5.74) is 11.5. The molecule has 1 saturated heterocycles. The van der Waals surface area contributed by atoms with Crippen LogP contribution in [0, 0.1) is 5.82 Å². The van der Waals surface area contributed by atoms with E-state index < -0.39 is 35.6 Å². The Kier molecular flexibility index (Phi) is 5.27. The molecule has 2 aliphatic heterocycles. The summed E-state index contributed by atoms with van der Waals surface area (Å²) >= 11 is 0. The van der Waals surface area contributed by atoms with Gasteiger partial charge in [0.1, 0.15) is 11.9 Å². The summed E-state index contributed by atoms with van der Waals surface area (Å²) in [5, 5.41) is 10.3. The first-order valence-corrected chi connectivity index (χ1v) is 10.8. The molecule has 11 nitrogen and oxygen atoms in total. The average Bonchev–Trinajstić information content (AvgIpc) is 3.26. The van der Waals surface area contributed by atoms with Crippen molar-refractivity contribution in [3.63, 3.8) is 0 Å². The minimum absolute atomic E-state index is 0.105. The van der Waals surface area contributed by atoms with E-state index in [2.05, 4.69) is 15.6 Å². The maximum absolute atomic E-state index is 14.3. The lowest BCUT2D eigenvalue weighted by Gasteiger charge is -2.37. The smallest absolute Gasteiger partial charge is 0.271 e. The van der Waals surface area contributed by atoms with E-state index in [4.69, 9.17) is 11.5 Å². The van der Waals surface area contributed by atoms with E-state index in [0.29, 0.717) is 23.2 Å². The topological polar surface area (TPSA) is 166 Å². The summed E-state index contributed by atoms with van der Waals surface area (Å²) in [4.78, 5) is 51.6. The number of primary amides is 2. The molecule has 3 aromatic rings. The zero-order valence-corrected chi connectivity index (χ0v) is 18.3. The first-order chi connectivity index (χ1) is 16.8. The quantitative estimate of drug-likeness (QED) is 0.508. The van der Waals surface area contributed by atoms with E-state index >= 15 is 0 Å². The fraction of sp³-hybridized carbons (Fsp3) is 0.217. The average molecular weight is 477 g/mol. The van der Waals surface area contributed by atoms with Crippen LogP contribution in [0.1, 0.15) is 50.2 Å². The first-order valence-electron chi connectivity index (χ1n) is 10.8. The molecule has 12 heteroatoms. The lowest BCUT2D eigenvalue weighted by molar-refractivity contribution is -0.121. The minimum atomic E-state index is -0.953. The highest BCUT2D eigenvalue weighted by Crippen LogP contribution is 2.35. The van der Waals surface area contributed by atoms with Gasteiger partial charge in [0.15, 0.2) is 11.4 Å². The number of halogens is 1. The Labute approximate surface area is 197 Å². The van der Waals surface area contributed by atoms with E-state index in [1.54, 1.807) is 36.4 Å². The number of hydrogen-bond donors (Lipinski definition) is 3. The van der Waals surface area contributed by atoms with Gasteiger partial charge in [-0.3, -0.25) is 19.2 Å². The van der Waals surface area contributed by atoms with Crippen LogP contribution in [0.25, 0.3) is 11.1 Å². The zero-order chi connectivity index (χ0) is 24.9. The number of aromatic nitrogens is 3. The van der Waals surface area contributed by atoms with Crippen LogP contribution in [0.3, 0.4) is 0 Å². The van der Waals surface area contributed by atoms with Crippen LogP contribution in [0.15, 0.2) is 42.5 Å². The van der Waals surface area contributed by atoms with Crippen molar-refractivity contribution in [2.75, 3.05) is 11.9 Å². The van der Waals surface area contributed by atoms with Crippen LogP contribution < -0.4 is 16.8 Å². The molecule has 35 heavy (non-hydrogen) atoms. The predicted molar refractivity (Wildman–Crippen MR) is 121 cm³/mol. The highest BCUT2D eigenvalue weighted by atomic mass is 19.1. The van der Waals surface area contributed by atoms with Gasteiger partial charge in [0.25, 0.3) is 17.7 Å². The number of carbonyl (C=O) groups is 4. The first kappa shape index (κ1) is 22.2. The Hall–Kier alpha value is -4.61. The molecule has 2 unspecified atom stereocenters. The van der Waals surface area contributed by atoms with Crippen LogP contribution in [-0.4, -0.2) is 56.1 Å².